The standard InChI is InChI=1S/C11H16ClFN4O/c1-7(6-18-2)15-11(17-14)16-10-8(12)4-3-5-9(10)13/h3-5,7H,6,14H2,1-2H3,(H2,15,16,17). The maximum atomic E-state index is 13.5. The van der Waals surface area contributed by atoms with Gasteiger partial charge in [0.2, 0.25) is 5.96 Å². The highest BCUT2D eigenvalue weighted by Crippen LogP contribution is 2.24. The van der Waals surface area contributed by atoms with Crippen molar-refractivity contribution < 1.29 is 9.13 Å². The first-order valence-electron chi connectivity index (χ1n) is 5.32. The van der Waals surface area contributed by atoms with Gasteiger partial charge in [0.15, 0.2) is 0 Å². The number of ether oxygens (including phenoxy) is 1. The van der Waals surface area contributed by atoms with E-state index in [1.54, 1.807) is 13.2 Å². The average molecular weight is 275 g/mol. The second kappa shape index (κ2) is 7.15. The molecule has 0 amide bonds. The van der Waals surface area contributed by atoms with Crippen LogP contribution in [0.25, 0.3) is 0 Å². The molecule has 7 heteroatoms. The fourth-order valence-corrected chi connectivity index (χ4v) is 1.55. The van der Waals surface area contributed by atoms with Crippen molar-refractivity contribution in [2.24, 2.45) is 10.8 Å². The van der Waals surface area contributed by atoms with Crippen molar-refractivity contribution in [1.82, 2.24) is 5.43 Å². The molecular formula is C11H16ClFN4O. The van der Waals surface area contributed by atoms with Crippen LogP contribution in [-0.4, -0.2) is 25.7 Å². The summed E-state index contributed by atoms with van der Waals surface area (Å²) >= 11 is 5.88. The molecule has 0 saturated carbocycles. The molecule has 1 unspecified atom stereocenters. The number of nitrogens with zero attached hydrogens (tertiary/aromatic N) is 1. The van der Waals surface area contributed by atoms with Crippen LogP contribution in [0.15, 0.2) is 23.2 Å². The Kier molecular flexibility index (Phi) is 5.84. The van der Waals surface area contributed by atoms with Crippen LogP contribution < -0.4 is 16.6 Å². The van der Waals surface area contributed by atoms with Gasteiger partial charge < -0.3 is 10.1 Å². The van der Waals surface area contributed by atoms with Crippen LogP contribution in [-0.2, 0) is 4.74 Å². The molecule has 0 aromatic heterocycles. The Morgan fingerprint density at radius 1 is 1.61 bits per heavy atom. The smallest absolute Gasteiger partial charge is 0.210 e. The second-order valence-electron chi connectivity index (χ2n) is 3.65. The Labute approximate surface area is 110 Å². The minimum Gasteiger partial charge on any atom is -0.382 e. The van der Waals surface area contributed by atoms with E-state index in [1.165, 1.54) is 12.1 Å². The van der Waals surface area contributed by atoms with Gasteiger partial charge in [-0.1, -0.05) is 17.7 Å². The van der Waals surface area contributed by atoms with Crippen LogP contribution in [0.2, 0.25) is 5.02 Å². The van der Waals surface area contributed by atoms with Crippen molar-refractivity contribution in [2.45, 2.75) is 13.0 Å². The Hall–Kier alpha value is -1.37. The monoisotopic (exact) mass is 274 g/mol. The molecule has 0 radical (unpaired) electrons. The van der Waals surface area contributed by atoms with Crippen molar-refractivity contribution in [2.75, 3.05) is 19.0 Å². The summed E-state index contributed by atoms with van der Waals surface area (Å²) in [5.41, 5.74) is 2.48. The number of aliphatic imine (C=N–C) groups is 1. The molecule has 0 saturated heterocycles. The topological polar surface area (TPSA) is 71.7 Å². The molecule has 1 rings (SSSR count). The molecule has 0 aliphatic carbocycles. The highest BCUT2D eigenvalue weighted by Gasteiger charge is 2.09. The number of rotatable bonds is 4. The predicted octanol–water partition coefficient (Wildman–Crippen LogP) is 1.75. The zero-order chi connectivity index (χ0) is 13.5. The van der Waals surface area contributed by atoms with Gasteiger partial charge in [0.1, 0.15) is 5.82 Å². The Bertz CT molecular complexity index is 407. The molecule has 5 nitrogen and oxygen atoms in total. The number of anilines is 1. The number of guanidine groups is 1. The van der Waals surface area contributed by atoms with Gasteiger partial charge in [-0.15, -0.1) is 0 Å². The van der Waals surface area contributed by atoms with Crippen LogP contribution in [0.5, 0.6) is 0 Å². The highest BCUT2D eigenvalue weighted by molar-refractivity contribution is 6.33. The van der Waals surface area contributed by atoms with Crippen LogP contribution in [0.3, 0.4) is 0 Å². The minimum atomic E-state index is -0.482. The first-order valence-corrected chi connectivity index (χ1v) is 5.70. The van der Waals surface area contributed by atoms with E-state index < -0.39 is 5.82 Å². The number of methoxy groups -OCH3 is 1. The molecule has 0 bridgehead atoms. The summed E-state index contributed by atoms with van der Waals surface area (Å²) in [4.78, 5) is 4.18. The highest BCUT2D eigenvalue weighted by atomic mass is 35.5. The second-order valence-corrected chi connectivity index (χ2v) is 4.06. The van der Waals surface area contributed by atoms with Crippen molar-refractivity contribution in [3.63, 3.8) is 0 Å². The average Bonchev–Trinajstić information content (AvgIpc) is 2.33. The molecule has 0 fully saturated rings. The summed E-state index contributed by atoms with van der Waals surface area (Å²) in [6, 6.07) is 4.25. The van der Waals surface area contributed by atoms with Gasteiger partial charge in [0.05, 0.1) is 23.4 Å². The summed E-state index contributed by atoms with van der Waals surface area (Å²) < 4.78 is 18.5. The SMILES string of the molecule is COCC(C)N=C(NN)Nc1c(F)cccc1Cl. The first-order chi connectivity index (χ1) is 8.58. The van der Waals surface area contributed by atoms with E-state index in [1.807, 2.05) is 6.92 Å². The van der Waals surface area contributed by atoms with Gasteiger partial charge >= 0.3 is 0 Å². The molecule has 4 N–H and O–H groups in total. The summed E-state index contributed by atoms with van der Waals surface area (Å²) in [5.74, 6) is 5.05. The lowest BCUT2D eigenvalue weighted by Gasteiger charge is -2.13. The molecule has 0 aliphatic heterocycles. The molecule has 18 heavy (non-hydrogen) atoms. The van der Waals surface area contributed by atoms with Crippen LogP contribution in [0, 0.1) is 5.82 Å². The third kappa shape index (κ3) is 4.14. The van der Waals surface area contributed by atoms with Crippen LogP contribution in [0.4, 0.5) is 10.1 Å². The molecule has 100 valence electrons. The van der Waals surface area contributed by atoms with E-state index in [-0.39, 0.29) is 22.7 Å². The number of benzene rings is 1. The fraction of sp³-hybridized carbons (Fsp3) is 0.364. The minimum absolute atomic E-state index is 0.125. The normalized spacial score (nSPS) is 13.3. The third-order valence-corrected chi connectivity index (χ3v) is 2.42. The van der Waals surface area contributed by atoms with Gasteiger partial charge in [0, 0.05) is 7.11 Å². The van der Waals surface area contributed by atoms with E-state index in [4.69, 9.17) is 22.2 Å². The zero-order valence-corrected chi connectivity index (χ0v) is 11.0. The molecular weight excluding hydrogens is 259 g/mol. The van der Waals surface area contributed by atoms with Gasteiger partial charge in [0.25, 0.3) is 0 Å². The van der Waals surface area contributed by atoms with Gasteiger partial charge in [-0.25, -0.2) is 15.2 Å². The lowest BCUT2D eigenvalue weighted by Crippen LogP contribution is -2.37. The quantitative estimate of drug-likeness (QED) is 0.339. The maximum Gasteiger partial charge on any atom is 0.210 e. The Morgan fingerprint density at radius 2 is 2.33 bits per heavy atom. The largest absolute Gasteiger partial charge is 0.382 e. The Morgan fingerprint density at radius 3 is 2.89 bits per heavy atom. The molecule has 0 spiro atoms. The zero-order valence-electron chi connectivity index (χ0n) is 10.2. The molecule has 0 aliphatic rings. The van der Waals surface area contributed by atoms with E-state index in [2.05, 4.69) is 15.7 Å². The lowest BCUT2D eigenvalue weighted by molar-refractivity contribution is 0.185. The van der Waals surface area contributed by atoms with E-state index in [9.17, 15) is 4.39 Å². The van der Waals surface area contributed by atoms with Gasteiger partial charge in [-0.3, -0.25) is 5.43 Å². The fourth-order valence-electron chi connectivity index (χ4n) is 1.34. The van der Waals surface area contributed by atoms with Crippen LogP contribution >= 0.6 is 11.6 Å². The number of para-hydroxylation sites is 1. The van der Waals surface area contributed by atoms with Gasteiger partial charge in [-0.05, 0) is 19.1 Å². The summed E-state index contributed by atoms with van der Waals surface area (Å²) in [7, 11) is 1.57. The molecule has 0 heterocycles. The van der Waals surface area contributed by atoms with Crippen molar-refractivity contribution in [3.8, 4) is 0 Å². The molecule has 1 atom stereocenters. The number of hydrazine groups is 1. The number of nitrogens with two attached hydrogens (primary N) is 1. The van der Waals surface area contributed by atoms with E-state index in [0.29, 0.717) is 6.61 Å². The number of hydrogen-bond donors (Lipinski definition) is 3. The van der Waals surface area contributed by atoms with E-state index in [0.717, 1.165) is 0 Å². The number of halogens is 2. The van der Waals surface area contributed by atoms with Crippen molar-refractivity contribution in [3.05, 3.63) is 29.0 Å². The van der Waals surface area contributed by atoms with Crippen LogP contribution in [0.1, 0.15) is 6.92 Å². The van der Waals surface area contributed by atoms with Crippen molar-refractivity contribution >= 4 is 23.2 Å². The number of nitrogens with one attached hydrogen (secondary N) is 2. The van der Waals surface area contributed by atoms with E-state index >= 15 is 0 Å². The maximum absolute atomic E-state index is 13.5. The predicted molar refractivity (Wildman–Crippen MR) is 71.1 cm³/mol. The summed E-state index contributed by atoms with van der Waals surface area (Å²) in [5, 5.41) is 2.95. The molecule has 1 aromatic carbocycles. The summed E-state index contributed by atoms with van der Waals surface area (Å²) in [6.45, 7) is 2.27. The third-order valence-electron chi connectivity index (χ3n) is 2.10. The number of hydrogen-bond acceptors (Lipinski definition) is 3. The lowest BCUT2D eigenvalue weighted by atomic mass is 10.3. The first kappa shape index (κ1) is 14.7. The van der Waals surface area contributed by atoms with Gasteiger partial charge in [-0.2, -0.15) is 0 Å². The summed E-state index contributed by atoms with van der Waals surface area (Å²) in [6.07, 6.45) is 0. The molecule has 1 aromatic rings. The van der Waals surface area contributed by atoms with Crippen molar-refractivity contribution in [1.29, 1.82) is 0 Å². The Balaban J connectivity index is 2.86.